The first-order chi connectivity index (χ1) is 36.7. The topological polar surface area (TPSA) is 175 Å². The van der Waals surface area contributed by atoms with Gasteiger partial charge in [0.15, 0.2) is 12.4 Å². The number of aliphatic hydroxyl groups excluding tert-OH is 5. The first-order valence-corrected chi connectivity index (χ1v) is 32.1. The van der Waals surface area contributed by atoms with Gasteiger partial charge in [0.25, 0.3) is 0 Å². The molecule has 442 valence electrons. The normalized spacial score (nSPS) is 19.3. The smallest absolute Gasteiger partial charge is 0.306 e. The van der Waals surface area contributed by atoms with Gasteiger partial charge in [-0.15, -0.1) is 0 Å². The molecule has 1 amide bonds. The van der Waals surface area contributed by atoms with Crippen molar-refractivity contribution in [3.63, 3.8) is 0 Å². The number of carbonyl (C=O) groups excluding carboxylic acids is 2. The lowest BCUT2D eigenvalue weighted by molar-refractivity contribution is -0.305. The van der Waals surface area contributed by atoms with Crippen LogP contribution in [0.25, 0.3) is 0 Å². The molecule has 0 saturated carbocycles. The Morgan fingerprint density at radius 2 is 0.880 bits per heavy atom. The molecule has 6 N–H and O–H groups in total. The van der Waals surface area contributed by atoms with Gasteiger partial charge >= 0.3 is 5.97 Å². The van der Waals surface area contributed by atoms with Gasteiger partial charge in [-0.2, -0.15) is 0 Å². The number of amides is 1. The van der Waals surface area contributed by atoms with E-state index in [-0.39, 0.29) is 13.0 Å². The third-order valence-corrected chi connectivity index (χ3v) is 15.4. The average Bonchev–Trinajstić information content (AvgIpc) is 3.41. The minimum atomic E-state index is -1.61. The number of rotatable bonds is 55. The van der Waals surface area contributed by atoms with Gasteiger partial charge in [-0.05, 0) is 51.4 Å². The standard InChI is InChI=1S/C64H121NO10/c1-4-7-10-13-16-19-22-24-26-28-29-30-32-34-37-40-43-46-49-52-59(69)75-62-61(71)60(70)58(53-66)74-64(62)73-54-55(56(67)50-47-44-41-38-35-21-18-15-12-9-6-3)65-63(72)57(68)51-48-45-42-39-36-33-31-27-25-23-20-17-14-11-8-5-2/h24,26,47,50,55-58,60-62,64,66-68,70-71H,4-23,25,27-46,48-49,51-54H2,1-3H3,(H,65,72)/b26-24+,50-47+. The van der Waals surface area contributed by atoms with Crippen LogP contribution in [0.5, 0.6) is 0 Å². The van der Waals surface area contributed by atoms with Crippen molar-refractivity contribution in [3.8, 4) is 0 Å². The second-order valence-electron chi connectivity index (χ2n) is 22.5. The van der Waals surface area contributed by atoms with Crippen molar-refractivity contribution in [2.45, 2.75) is 359 Å². The number of carbonyl (C=O) groups is 2. The van der Waals surface area contributed by atoms with Crippen LogP contribution in [0, 0.1) is 0 Å². The second-order valence-corrected chi connectivity index (χ2v) is 22.5. The summed E-state index contributed by atoms with van der Waals surface area (Å²) >= 11 is 0. The highest BCUT2D eigenvalue weighted by molar-refractivity contribution is 5.80. The monoisotopic (exact) mass is 1060 g/mol. The van der Waals surface area contributed by atoms with Gasteiger partial charge in [-0.25, -0.2) is 0 Å². The van der Waals surface area contributed by atoms with E-state index in [0.717, 1.165) is 57.8 Å². The Morgan fingerprint density at radius 3 is 1.29 bits per heavy atom. The number of hydrogen-bond donors (Lipinski definition) is 6. The molecular formula is C64H121NO10. The van der Waals surface area contributed by atoms with E-state index in [1.54, 1.807) is 6.08 Å². The molecule has 8 unspecified atom stereocenters. The maximum atomic E-state index is 13.4. The largest absolute Gasteiger partial charge is 0.454 e. The quantitative estimate of drug-likeness (QED) is 0.0195. The molecular weight excluding hydrogens is 943 g/mol. The molecule has 11 heteroatoms. The first-order valence-electron chi connectivity index (χ1n) is 32.1. The number of esters is 1. The zero-order valence-corrected chi connectivity index (χ0v) is 48.9. The minimum absolute atomic E-state index is 0.125. The van der Waals surface area contributed by atoms with Crippen molar-refractivity contribution < 1.29 is 49.3 Å². The molecule has 0 radical (unpaired) electrons. The predicted molar refractivity (Wildman–Crippen MR) is 311 cm³/mol. The first kappa shape index (κ1) is 71.2. The SMILES string of the molecule is CCCCCCCC/C=C/CCCCCCCCCCCC(=O)OC1C(OCC(NC(=O)C(O)CCCCCCCCCCCCCCCCCC)C(O)/C=C/CCCCCCCCCCC)OC(CO)C(O)C1O. The molecule has 0 aromatic heterocycles. The van der Waals surface area contributed by atoms with Gasteiger partial charge in [0.2, 0.25) is 5.91 Å². The molecule has 1 heterocycles. The lowest BCUT2D eigenvalue weighted by atomic mass is 9.99. The fourth-order valence-corrected chi connectivity index (χ4v) is 10.2. The zero-order chi connectivity index (χ0) is 54.7. The van der Waals surface area contributed by atoms with Crippen molar-refractivity contribution in [1.29, 1.82) is 0 Å². The summed E-state index contributed by atoms with van der Waals surface area (Å²) in [5.74, 6) is -1.18. The summed E-state index contributed by atoms with van der Waals surface area (Å²) in [5, 5.41) is 57.0. The van der Waals surface area contributed by atoms with Crippen molar-refractivity contribution in [2.75, 3.05) is 13.2 Å². The molecule has 1 aliphatic rings. The van der Waals surface area contributed by atoms with Gasteiger partial charge in [0, 0.05) is 6.42 Å². The Bertz CT molecular complexity index is 1310. The predicted octanol–water partition coefficient (Wildman–Crippen LogP) is 15.3. The molecule has 8 atom stereocenters. The molecule has 0 bridgehead atoms. The van der Waals surface area contributed by atoms with Crippen molar-refractivity contribution >= 4 is 11.9 Å². The van der Waals surface area contributed by atoms with E-state index in [1.165, 1.54) is 205 Å². The van der Waals surface area contributed by atoms with Crippen molar-refractivity contribution in [2.24, 2.45) is 0 Å². The van der Waals surface area contributed by atoms with Crippen LogP contribution in [0.1, 0.15) is 310 Å². The van der Waals surface area contributed by atoms with Crippen LogP contribution in [-0.2, 0) is 23.8 Å². The Morgan fingerprint density at radius 1 is 0.507 bits per heavy atom. The number of allylic oxidation sites excluding steroid dienone is 3. The highest BCUT2D eigenvalue weighted by atomic mass is 16.7. The molecule has 0 aromatic rings. The molecule has 1 rings (SSSR count). The summed E-state index contributed by atoms with van der Waals surface area (Å²) < 4.78 is 17.6. The van der Waals surface area contributed by atoms with Crippen LogP contribution in [0.4, 0.5) is 0 Å². The van der Waals surface area contributed by atoms with Gasteiger partial charge in [0.1, 0.15) is 24.4 Å². The lowest BCUT2D eigenvalue weighted by Crippen LogP contribution is -2.61. The highest BCUT2D eigenvalue weighted by Crippen LogP contribution is 2.26. The van der Waals surface area contributed by atoms with E-state index in [9.17, 15) is 35.1 Å². The Kier molecular flexibility index (Phi) is 50.1. The van der Waals surface area contributed by atoms with Crippen molar-refractivity contribution in [1.82, 2.24) is 5.32 Å². The summed E-state index contributed by atoms with van der Waals surface area (Å²) in [4.78, 5) is 26.5. The fraction of sp³-hybridized carbons (Fsp3) is 0.906. The molecule has 1 aliphatic heterocycles. The zero-order valence-electron chi connectivity index (χ0n) is 48.9. The second kappa shape index (κ2) is 52.8. The van der Waals surface area contributed by atoms with E-state index in [4.69, 9.17) is 14.2 Å². The average molecular weight is 1060 g/mol. The number of aliphatic hydroxyl groups is 5. The van der Waals surface area contributed by atoms with E-state index in [0.29, 0.717) is 19.3 Å². The molecule has 11 nitrogen and oxygen atoms in total. The minimum Gasteiger partial charge on any atom is -0.454 e. The van der Waals surface area contributed by atoms with Crippen LogP contribution >= 0.6 is 0 Å². The van der Waals surface area contributed by atoms with E-state index >= 15 is 0 Å². The molecule has 1 fully saturated rings. The molecule has 0 aliphatic carbocycles. The fourth-order valence-electron chi connectivity index (χ4n) is 10.2. The Hall–Kier alpha value is -1.86. The summed E-state index contributed by atoms with van der Waals surface area (Å²) in [6, 6.07) is -1.02. The van der Waals surface area contributed by atoms with Crippen molar-refractivity contribution in [3.05, 3.63) is 24.3 Å². The van der Waals surface area contributed by atoms with Crippen LogP contribution in [-0.4, -0.2) is 99.6 Å². The lowest BCUT2D eigenvalue weighted by Gasteiger charge is -2.41. The van der Waals surface area contributed by atoms with Crippen LogP contribution < -0.4 is 5.32 Å². The number of hydrogen-bond acceptors (Lipinski definition) is 10. The molecule has 0 aromatic carbocycles. The van der Waals surface area contributed by atoms with Gasteiger partial charge in [-0.3, -0.25) is 9.59 Å². The number of unbranched alkanes of at least 4 members (excludes halogenated alkanes) is 39. The summed E-state index contributed by atoms with van der Waals surface area (Å²) in [5.41, 5.74) is 0. The van der Waals surface area contributed by atoms with E-state index in [1.807, 2.05) is 6.08 Å². The van der Waals surface area contributed by atoms with Crippen LogP contribution in [0.3, 0.4) is 0 Å². The highest BCUT2D eigenvalue weighted by Gasteiger charge is 2.47. The number of nitrogens with one attached hydrogen (secondary N) is 1. The Balaban J connectivity index is 2.63. The molecule has 75 heavy (non-hydrogen) atoms. The van der Waals surface area contributed by atoms with Crippen LogP contribution in [0.15, 0.2) is 24.3 Å². The maximum Gasteiger partial charge on any atom is 0.306 e. The Labute approximate surface area is 461 Å². The number of ether oxygens (including phenoxy) is 3. The van der Waals surface area contributed by atoms with Gasteiger partial charge < -0.3 is 45.1 Å². The third kappa shape index (κ3) is 40.9. The third-order valence-electron chi connectivity index (χ3n) is 15.4. The summed E-state index contributed by atoms with van der Waals surface area (Å²) in [7, 11) is 0. The summed E-state index contributed by atoms with van der Waals surface area (Å²) in [6.45, 7) is 5.81. The molecule has 0 spiro atoms. The van der Waals surface area contributed by atoms with Crippen LogP contribution in [0.2, 0.25) is 0 Å². The van der Waals surface area contributed by atoms with Gasteiger partial charge in [-0.1, -0.05) is 276 Å². The van der Waals surface area contributed by atoms with E-state index in [2.05, 4.69) is 38.2 Å². The maximum absolute atomic E-state index is 13.4. The molecule has 1 saturated heterocycles. The van der Waals surface area contributed by atoms with Gasteiger partial charge in [0.05, 0.1) is 25.4 Å². The van der Waals surface area contributed by atoms with E-state index < -0.39 is 67.4 Å². The summed E-state index contributed by atoms with van der Waals surface area (Å²) in [6.07, 6.45) is 50.7.